The molecule has 1 aromatic carbocycles. The summed E-state index contributed by atoms with van der Waals surface area (Å²) in [6.07, 6.45) is 1.29. The number of halogens is 1. The lowest BCUT2D eigenvalue weighted by molar-refractivity contribution is 0.336. The van der Waals surface area contributed by atoms with E-state index >= 15 is 0 Å². The summed E-state index contributed by atoms with van der Waals surface area (Å²) < 4.78 is 5.47. The predicted molar refractivity (Wildman–Crippen MR) is 78.7 cm³/mol. The molecule has 20 heavy (non-hydrogen) atoms. The third-order valence-electron chi connectivity index (χ3n) is 2.64. The van der Waals surface area contributed by atoms with Crippen molar-refractivity contribution in [2.45, 2.75) is 13.5 Å². The average Bonchev–Trinajstić information content (AvgIpc) is 2.45. The molecule has 0 bridgehead atoms. The molecule has 0 unspecified atom stereocenters. The van der Waals surface area contributed by atoms with Crippen LogP contribution in [0, 0.1) is 0 Å². The zero-order valence-corrected chi connectivity index (χ0v) is 11.7. The number of hydrogen-bond donors (Lipinski definition) is 3. The molecule has 0 aliphatic heterocycles. The number of nitrogens with zero attached hydrogens (tertiary/aromatic N) is 1. The van der Waals surface area contributed by atoms with Crippen LogP contribution in [-0.4, -0.2) is 16.6 Å². The molecule has 0 fully saturated rings. The minimum atomic E-state index is -0.394. The van der Waals surface area contributed by atoms with Crippen LogP contribution in [0.3, 0.4) is 0 Å². The first-order chi connectivity index (χ1) is 9.65. The van der Waals surface area contributed by atoms with Gasteiger partial charge in [-0.15, -0.1) is 0 Å². The summed E-state index contributed by atoms with van der Waals surface area (Å²) >= 11 is 5.88. The third-order valence-corrected chi connectivity index (χ3v) is 2.99. The largest absolute Gasteiger partial charge is 0.494 e. The van der Waals surface area contributed by atoms with E-state index in [1.54, 1.807) is 0 Å². The van der Waals surface area contributed by atoms with Gasteiger partial charge in [0.05, 0.1) is 12.9 Å². The molecule has 0 saturated carbocycles. The van der Waals surface area contributed by atoms with Gasteiger partial charge in [0, 0.05) is 17.8 Å². The Labute approximate surface area is 120 Å². The molecule has 0 atom stereocenters. The molecular formula is C13H15ClN4O2. The molecule has 7 heteroatoms. The number of aromatic nitrogens is 2. The van der Waals surface area contributed by atoms with E-state index in [0.29, 0.717) is 19.0 Å². The van der Waals surface area contributed by atoms with Crippen molar-refractivity contribution in [2.75, 3.05) is 11.9 Å². The number of benzene rings is 1. The van der Waals surface area contributed by atoms with Crippen molar-refractivity contribution in [3.8, 4) is 5.75 Å². The molecule has 0 aliphatic rings. The van der Waals surface area contributed by atoms with Crippen molar-refractivity contribution >= 4 is 23.1 Å². The number of hydrogen-bond acceptors (Lipinski definition) is 5. The summed E-state index contributed by atoms with van der Waals surface area (Å²) in [6, 6.07) is 5.46. The number of nitrogens with two attached hydrogens (primary N) is 1. The van der Waals surface area contributed by atoms with Gasteiger partial charge in [-0.3, -0.25) is 4.79 Å². The Bertz CT molecular complexity index is 657. The lowest BCUT2D eigenvalue weighted by Gasteiger charge is -2.12. The van der Waals surface area contributed by atoms with E-state index in [9.17, 15) is 4.79 Å². The van der Waals surface area contributed by atoms with E-state index in [0.717, 1.165) is 17.0 Å². The summed E-state index contributed by atoms with van der Waals surface area (Å²) in [5.41, 5.74) is 6.89. The zero-order valence-electron chi connectivity index (χ0n) is 10.9. The normalized spacial score (nSPS) is 10.3. The number of rotatable bonds is 5. The number of nitrogens with one attached hydrogen (secondary N) is 2. The second kappa shape index (κ2) is 6.40. The molecule has 6 nitrogen and oxygen atoms in total. The molecule has 1 aromatic heterocycles. The van der Waals surface area contributed by atoms with Crippen molar-refractivity contribution in [2.24, 2.45) is 5.73 Å². The number of aromatic amines is 1. The molecule has 0 aliphatic carbocycles. The fourth-order valence-electron chi connectivity index (χ4n) is 1.72. The fourth-order valence-corrected chi connectivity index (χ4v) is 1.87. The van der Waals surface area contributed by atoms with E-state index in [4.69, 9.17) is 22.1 Å². The topological polar surface area (TPSA) is 93.0 Å². The maximum atomic E-state index is 11.4. The Balaban J connectivity index is 2.30. The first-order valence-corrected chi connectivity index (χ1v) is 6.49. The lowest BCUT2D eigenvalue weighted by atomic mass is 10.1. The molecule has 0 radical (unpaired) electrons. The maximum Gasteiger partial charge on any atom is 0.271 e. The van der Waals surface area contributed by atoms with Gasteiger partial charge >= 0.3 is 0 Å². The van der Waals surface area contributed by atoms with Crippen LogP contribution in [0.1, 0.15) is 12.5 Å². The molecule has 2 aromatic rings. The van der Waals surface area contributed by atoms with Crippen LogP contribution in [-0.2, 0) is 6.54 Å². The Morgan fingerprint density at radius 1 is 1.50 bits per heavy atom. The van der Waals surface area contributed by atoms with E-state index in [-0.39, 0.29) is 5.02 Å². The molecule has 0 saturated heterocycles. The minimum absolute atomic E-state index is 0.00989. The van der Waals surface area contributed by atoms with Crippen molar-refractivity contribution in [3.05, 3.63) is 45.5 Å². The Morgan fingerprint density at radius 3 is 3.00 bits per heavy atom. The molecule has 0 spiro atoms. The SMILES string of the molecule is CCOc1ccc(Nc2nc[nH]c(=O)c2Cl)cc1CN. The van der Waals surface area contributed by atoms with Gasteiger partial charge in [0.25, 0.3) is 5.56 Å². The second-order valence-corrected chi connectivity index (χ2v) is 4.36. The highest BCUT2D eigenvalue weighted by Crippen LogP contribution is 2.25. The molecular weight excluding hydrogens is 280 g/mol. The molecule has 1 heterocycles. The molecule has 0 amide bonds. The monoisotopic (exact) mass is 294 g/mol. The quantitative estimate of drug-likeness (QED) is 0.784. The third kappa shape index (κ3) is 3.09. The van der Waals surface area contributed by atoms with Crippen LogP contribution >= 0.6 is 11.6 Å². The number of H-pyrrole nitrogens is 1. The highest BCUT2D eigenvalue weighted by atomic mass is 35.5. The summed E-state index contributed by atoms with van der Waals surface area (Å²) in [7, 11) is 0. The van der Waals surface area contributed by atoms with E-state index in [1.807, 2.05) is 25.1 Å². The summed E-state index contributed by atoms with van der Waals surface area (Å²) in [4.78, 5) is 17.8. The number of ether oxygens (including phenoxy) is 1. The van der Waals surface area contributed by atoms with Crippen LogP contribution in [0.15, 0.2) is 29.3 Å². The van der Waals surface area contributed by atoms with Gasteiger partial charge < -0.3 is 20.8 Å². The van der Waals surface area contributed by atoms with Gasteiger partial charge in [0.2, 0.25) is 0 Å². The standard InChI is InChI=1S/C13H15ClN4O2/c1-2-20-10-4-3-9(5-8(10)6-15)18-12-11(14)13(19)17-7-16-12/h3-5,7H,2,6,15H2,1H3,(H2,16,17,18,19). The fraction of sp³-hybridized carbons (Fsp3) is 0.231. The van der Waals surface area contributed by atoms with E-state index in [2.05, 4.69) is 15.3 Å². The van der Waals surface area contributed by atoms with Crippen LogP contribution in [0.2, 0.25) is 5.02 Å². The average molecular weight is 295 g/mol. The highest BCUT2D eigenvalue weighted by Gasteiger charge is 2.08. The maximum absolute atomic E-state index is 11.4. The summed E-state index contributed by atoms with van der Waals surface area (Å²) in [6.45, 7) is 2.83. The van der Waals surface area contributed by atoms with Crippen molar-refractivity contribution < 1.29 is 4.74 Å². The molecule has 2 rings (SSSR count). The lowest BCUT2D eigenvalue weighted by Crippen LogP contribution is -2.10. The number of anilines is 2. The van der Waals surface area contributed by atoms with Crippen LogP contribution in [0.5, 0.6) is 5.75 Å². The van der Waals surface area contributed by atoms with Crippen LogP contribution in [0.4, 0.5) is 11.5 Å². The summed E-state index contributed by atoms with van der Waals surface area (Å²) in [5, 5.41) is 2.99. The Hall–Kier alpha value is -2.05. The van der Waals surface area contributed by atoms with Gasteiger partial charge in [-0.2, -0.15) is 0 Å². The zero-order chi connectivity index (χ0) is 14.5. The van der Waals surface area contributed by atoms with Crippen LogP contribution < -0.4 is 21.3 Å². The van der Waals surface area contributed by atoms with Gasteiger partial charge in [-0.05, 0) is 25.1 Å². The van der Waals surface area contributed by atoms with Gasteiger partial charge in [0.15, 0.2) is 5.82 Å². The van der Waals surface area contributed by atoms with Crippen LogP contribution in [0.25, 0.3) is 0 Å². The van der Waals surface area contributed by atoms with Crippen molar-refractivity contribution in [1.29, 1.82) is 0 Å². The smallest absolute Gasteiger partial charge is 0.271 e. The summed E-state index contributed by atoms with van der Waals surface area (Å²) in [5.74, 6) is 1.04. The minimum Gasteiger partial charge on any atom is -0.494 e. The van der Waals surface area contributed by atoms with Crippen molar-refractivity contribution in [3.63, 3.8) is 0 Å². The first-order valence-electron chi connectivity index (χ1n) is 6.11. The van der Waals surface area contributed by atoms with Gasteiger partial charge in [0.1, 0.15) is 10.8 Å². The Morgan fingerprint density at radius 2 is 2.30 bits per heavy atom. The van der Waals surface area contributed by atoms with Crippen molar-refractivity contribution in [1.82, 2.24) is 9.97 Å². The second-order valence-electron chi connectivity index (χ2n) is 3.98. The molecule has 4 N–H and O–H groups in total. The first kappa shape index (κ1) is 14.4. The molecule has 106 valence electrons. The van der Waals surface area contributed by atoms with E-state index in [1.165, 1.54) is 6.33 Å². The Kier molecular flexibility index (Phi) is 4.60. The van der Waals surface area contributed by atoms with Gasteiger partial charge in [-0.1, -0.05) is 11.6 Å². The van der Waals surface area contributed by atoms with Gasteiger partial charge in [-0.25, -0.2) is 4.98 Å². The van der Waals surface area contributed by atoms with E-state index < -0.39 is 5.56 Å². The predicted octanol–water partition coefficient (Wildman–Crippen LogP) is 2.02. The highest BCUT2D eigenvalue weighted by molar-refractivity contribution is 6.32.